The van der Waals surface area contributed by atoms with Crippen molar-refractivity contribution in [2.24, 2.45) is 0 Å². The molecule has 0 rings (SSSR count). The van der Waals surface area contributed by atoms with Crippen molar-refractivity contribution in [1.29, 1.82) is 0 Å². The number of hydrogen-bond acceptors (Lipinski definition) is 0. The van der Waals surface area contributed by atoms with E-state index in [2.05, 4.69) is 42.8 Å². The van der Waals surface area contributed by atoms with Gasteiger partial charge in [0, 0.05) is 0 Å². The second-order valence-corrected chi connectivity index (χ2v) is 16.0. The minimum absolute atomic E-state index is 0.682. The van der Waals surface area contributed by atoms with Gasteiger partial charge in [-0.15, -0.1) is 0 Å². The van der Waals surface area contributed by atoms with E-state index < -0.39 is 0 Å². The quantitative estimate of drug-likeness (QED) is 0.0361. The Balaban J connectivity index is 4.22. The summed E-state index contributed by atoms with van der Waals surface area (Å²) in [4.78, 5) is 0. The highest BCUT2D eigenvalue weighted by Gasteiger charge is 2.27. The maximum atomic E-state index is 2.80. The van der Waals surface area contributed by atoms with Gasteiger partial charge in [-0.3, -0.25) is 0 Å². The molecule has 236 valence electrons. The normalized spacial score (nSPS) is 12.3. The first kappa shape index (κ1) is 40.2. The van der Waals surface area contributed by atoms with Gasteiger partial charge in [-0.05, 0) is 30.6 Å². The molecule has 0 aliphatic rings. The molecular formula is C37H76IP. The SMILES string of the molecule is CCCCCCCCCCCCC(CCCCCCCCCCCC)(CCCCCCCCCCCC)PI. The predicted molar refractivity (Wildman–Crippen MR) is 194 cm³/mol. The van der Waals surface area contributed by atoms with Gasteiger partial charge in [0.15, 0.2) is 0 Å². The smallest absolute Gasteiger partial charge is 0.00315 e. The lowest BCUT2D eigenvalue weighted by molar-refractivity contribution is 0.401. The van der Waals surface area contributed by atoms with Crippen LogP contribution < -0.4 is 0 Å². The monoisotopic (exact) mass is 678 g/mol. The Kier molecular flexibility index (Phi) is 34.7. The Morgan fingerprint density at radius 3 is 0.667 bits per heavy atom. The highest BCUT2D eigenvalue weighted by molar-refractivity contribution is 14.2. The van der Waals surface area contributed by atoms with Crippen molar-refractivity contribution in [2.45, 2.75) is 238 Å². The van der Waals surface area contributed by atoms with Crippen molar-refractivity contribution in [2.75, 3.05) is 0 Å². The molecule has 2 heteroatoms. The molecule has 1 unspecified atom stereocenters. The van der Waals surface area contributed by atoms with Gasteiger partial charge < -0.3 is 0 Å². The molecule has 0 radical (unpaired) electrons. The van der Waals surface area contributed by atoms with Crippen LogP contribution in [0.3, 0.4) is 0 Å². The average Bonchev–Trinajstić information content (AvgIpc) is 2.95. The van der Waals surface area contributed by atoms with Crippen molar-refractivity contribution in [3.05, 3.63) is 0 Å². The first-order chi connectivity index (χ1) is 19.2. The lowest BCUT2D eigenvalue weighted by Gasteiger charge is -2.32. The van der Waals surface area contributed by atoms with Crippen molar-refractivity contribution in [3.8, 4) is 0 Å². The number of rotatable bonds is 34. The third-order valence-corrected chi connectivity index (χ3v) is 13.8. The summed E-state index contributed by atoms with van der Waals surface area (Å²) in [6.45, 7) is 6.97. The van der Waals surface area contributed by atoms with E-state index in [1.54, 1.807) is 0 Å². The maximum absolute atomic E-state index is 2.80. The van der Waals surface area contributed by atoms with Crippen LogP contribution in [-0.4, -0.2) is 5.16 Å². The van der Waals surface area contributed by atoms with E-state index in [-0.39, 0.29) is 0 Å². The van der Waals surface area contributed by atoms with E-state index in [4.69, 9.17) is 0 Å². The number of unbranched alkanes of at least 4 members (excludes halogenated alkanes) is 27. The van der Waals surface area contributed by atoms with Gasteiger partial charge in [-0.1, -0.05) is 235 Å². The van der Waals surface area contributed by atoms with Gasteiger partial charge in [0.25, 0.3) is 0 Å². The minimum Gasteiger partial charge on any atom is -0.0654 e. The van der Waals surface area contributed by atoms with Crippen molar-refractivity contribution < 1.29 is 0 Å². The molecule has 0 aromatic carbocycles. The first-order valence-corrected chi connectivity index (χ1v) is 22.7. The van der Waals surface area contributed by atoms with Gasteiger partial charge in [0.2, 0.25) is 0 Å². The molecule has 0 spiro atoms. The van der Waals surface area contributed by atoms with E-state index in [9.17, 15) is 0 Å². The molecule has 0 aromatic heterocycles. The van der Waals surface area contributed by atoms with Crippen LogP contribution in [0.2, 0.25) is 0 Å². The third-order valence-electron chi connectivity index (χ3n) is 9.23. The molecule has 0 aromatic rings. The topological polar surface area (TPSA) is 0 Å². The molecule has 0 amide bonds. The molecule has 0 aliphatic heterocycles. The fourth-order valence-electron chi connectivity index (χ4n) is 6.37. The van der Waals surface area contributed by atoms with Crippen LogP contribution in [0, 0.1) is 0 Å². The summed E-state index contributed by atoms with van der Waals surface area (Å²) >= 11 is 2.80. The molecule has 0 bridgehead atoms. The lowest BCUT2D eigenvalue weighted by atomic mass is 9.88. The van der Waals surface area contributed by atoms with E-state index in [1.807, 2.05) is 0 Å². The first-order valence-electron chi connectivity index (χ1n) is 18.6. The largest absolute Gasteiger partial charge is 0.0654 e. The van der Waals surface area contributed by atoms with E-state index >= 15 is 0 Å². The molecule has 39 heavy (non-hydrogen) atoms. The highest BCUT2D eigenvalue weighted by Crippen LogP contribution is 2.49. The van der Waals surface area contributed by atoms with Crippen molar-refractivity contribution >= 4 is 28.3 Å². The van der Waals surface area contributed by atoms with Crippen LogP contribution in [0.4, 0.5) is 0 Å². The van der Waals surface area contributed by atoms with Gasteiger partial charge in [-0.25, -0.2) is 0 Å². The fourth-order valence-corrected chi connectivity index (χ4v) is 9.61. The Bertz CT molecular complexity index is 377. The van der Waals surface area contributed by atoms with Crippen LogP contribution in [0.15, 0.2) is 0 Å². The molecule has 0 N–H and O–H groups in total. The Morgan fingerprint density at radius 2 is 0.487 bits per heavy atom. The second kappa shape index (κ2) is 33.7. The zero-order chi connectivity index (χ0) is 28.5. The van der Waals surface area contributed by atoms with Gasteiger partial charge in [-0.2, -0.15) is 0 Å². The summed E-state index contributed by atoms with van der Waals surface area (Å²) in [7, 11) is 0. The molecule has 0 fully saturated rings. The van der Waals surface area contributed by atoms with Crippen molar-refractivity contribution in [1.82, 2.24) is 0 Å². The standard InChI is InChI=1S/C37H76IP/c1-4-7-10-13-16-19-22-25-28-31-34-37(39-38,35-32-29-26-23-20-17-14-11-8-5-2)36-33-30-27-24-21-18-15-12-9-6-3/h39H,4-36H2,1-3H3. The zero-order valence-corrected chi connectivity index (χ0v) is 30.9. The molecule has 0 nitrogen and oxygen atoms in total. The van der Waals surface area contributed by atoms with E-state index in [0.29, 0.717) is 5.16 Å². The molecule has 0 saturated carbocycles. The number of hydrogen-bond donors (Lipinski definition) is 0. The van der Waals surface area contributed by atoms with Crippen LogP contribution in [-0.2, 0) is 0 Å². The van der Waals surface area contributed by atoms with Crippen LogP contribution >= 0.6 is 28.3 Å². The third kappa shape index (κ3) is 29.0. The average molecular weight is 679 g/mol. The van der Waals surface area contributed by atoms with Crippen LogP contribution in [0.25, 0.3) is 0 Å². The van der Waals surface area contributed by atoms with Gasteiger partial charge >= 0.3 is 0 Å². The Hall–Kier alpha value is 1.16. The lowest BCUT2D eigenvalue weighted by Crippen LogP contribution is -2.22. The van der Waals surface area contributed by atoms with Crippen LogP contribution in [0.5, 0.6) is 0 Å². The maximum Gasteiger partial charge on any atom is -0.00315 e. The second-order valence-electron chi connectivity index (χ2n) is 13.2. The van der Waals surface area contributed by atoms with Crippen molar-refractivity contribution in [3.63, 3.8) is 0 Å². The predicted octanol–water partition coefficient (Wildman–Crippen LogP) is 15.7. The number of halogens is 1. The molecule has 0 heterocycles. The summed E-state index contributed by atoms with van der Waals surface area (Å²) in [6.07, 6.45) is 49.8. The molecular weight excluding hydrogens is 602 g/mol. The van der Waals surface area contributed by atoms with E-state index in [0.717, 1.165) is 6.22 Å². The fraction of sp³-hybridized carbons (Fsp3) is 1.00. The van der Waals surface area contributed by atoms with E-state index in [1.165, 1.54) is 212 Å². The van der Waals surface area contributed by atoms with Crippen LogP contribution in [0.1, 0.15) is 233 Å². The summed E-state index contributed by atoms with van der Waals surface area (Å²) in [5, 5.41) is 0.682. The Labute approximate surface area is 264 Å². The molecule has 1 atom stereocenters. The van der Waals surface area contributed by atoms with Gasteiger partial charge in [0.1, 0.15) is 0 Å². The molecule has 0 aliphatic carbocycles. The zero-order valence-electron chi connectivity index (χ0n) is 27.7. The summed E-state index contributed by atoms with van der Waals surface area (Å²) < 4.78 is 0. The van der Waals surface area contributed by atoms with Gasteiger partial charge in [0.05, 0.1) is 0 Å². The highest BCUT2D eigenvalue weighted by atomic mass is 127. The summed E-state index contributed by atoms with van der Waals surface area (Å²) in [6, 6.07) is 0. The summed E-state index contributed by atoms with van der Waals surface area (Å²) in [5.41, 5.74) is 0. The summed E-state index contributed by atoms with van der Waals surface area (Å²) in [5.74, 6) is 0. The Morgan fingerprint density at radius 1 is 0.308 bits per heavy atom. The minimum atomic E-state index is 0.682. The molecule has 0 saturated heterocycles.